The fraction of sp³-hybridized carbons (Fsp3) is 0.857. The van der Waals surface area contributed by atoms with Crippen molar-refractivity contribution >= 4 is 12.0 Å². The van der Waals surface area contributed by atoms with Crippen LogP contribution in [0.2, 0.25) is 0 Å². The van der Waals surface area contributed by atoms with E-state index in [2.05, 4.69) is 24.5 Å². The molecule has 0 spiro atoms. The zero-order valence-electron chi connectivity index (χ0n) is 12.8. The van der Waals surface area contributed by atoms with Crippen molar-refractivity contribution in [3.05, 3.63) is 0 Å². The third-order valence-electron chi connectivity index (χ3n) is 3.87. The highest BCUT2D eigenvalue weighted by molar-refractivity contribution is 5.74. The van der Waals surface area contributed by atoms with Crippen LogP contribution in [0.1, 0.15) is 39.5 Å². The van der Waals surface area contributed by atoms with Crippen molar-refractivity contribution in [3.8, 4) is 0 Å². The molecule has 3 N–H and O–H groups in total. The number of nitrogens with one attached hydrogen (secondary N) is 2. The Kier molecular flexibility index (Phi) is 7.45. The Morgan fingerprint density at radius 2 is 2.10 bits per heavy atom. The average molecular weight is 302 g/mol. The van der Waals surface area contributed by atoms with E-state index in [0.29, 0.717) is 6.61 Å². The molecule has 0 aromatic carbocycles. The number of rotatable bonds is 8. The molecule has 1 saturated heterocycles. The predicted molar refractivity (Wildman–Crippen MR) is 77.3 cm³/mol. The van der Waals surface area contributed by atoms with E-state index in [-0.39, 0.29) is 37.4 Å². The Balaban J connectivity index is 2.23. The van der Waals surface area contributed by atoms with E-state index >= 15 is 0 Å². The number of carboxylic acids is 1. The normalized spacial score (nSPS) is 20.8. The number of carboxylic acid groups (broad SMARTS) is 1. The molecule has 1 aliphatic rings. The van der Waals surface area contributed by atoms with Crippen molar-refractivity contribution in [1.29, 1.82) is 0 Å². The first-order valence-electron chi connectivity index (χ1n) is 7.49. The van der Waals surface area contributed by atoms with Crippen molar-refractivity contribution in [2.75, 3.05) is 26.4 Å². The number of urea groups is 1. The molecule has 1 fully saturated rings. The van der Waals surface area contributed by atoms with Gasteiger partial charge in [0.15, 0.2) is 0 Å². The number of aliphatic carboxylic acids is 1. The van der Waals surface area contributed by atoms with Crippen LogP contribution in [0.25, 0.3) is 0 Å². The van der Waals surface area contributed by atoms with Crippen LogP contribution in [-0.2, 0) is 14.3 Å². The van der Waals surface area contributed by atoms with E-state index in [0.717, 1.165) is 25.7 Å². The number of ether oxygens (including phenoxy) is 2. The Labute approximate surface area is 125 Å². The second-order valence-electron chi connectivity index (χ2n) is 5.27. The third-order valence-corrected chi connectivity index (χ3v) is 3.87. The molecule has 1 heterocycles. The van der Waals surface area contributed by atoms with E-state index in [1.54, 1.807) is 0 Å². The van der Waals surface area contributed by atoms with Gasteiger partial charge in [0.1, 0.15) is 6.61 Å². The van der Waals surface area contributed by atoms with Crippen molar-refractivity contribution < 1.29 is 24.2 Å². The number of carbonyl (C=O) groups excluding carboxylic acids is 1. The van der Waals surface area contributed by atoms with E-state index < -0.39 is 5.97 Å². The number of hydrogen-bond donors (Lipinski definition) is 3. The van der Waals surface area contributed by atoms with Crippen molar-refractivity contribution in [2.24, 2.45) is 0 Å². The maximum absolute atomic E-state index is 11.8. The molecule has 1 rings (SSSR count). The van der Waals surface area contributed by atoms with Gasteiger partial charge in [-0.05, 0) is 25.7 Å². The van der Waals surface area contributed by atoms with Crippen molar-refractivity contribution in [1.82, 2.24) is 10.6 Å². The molecule has 1 unspecified atom stereocenters. The fourth-order valence-electron chi connectivity index (χ4n) is 2.53. The molecule has 0 aromatic rings. The zero-order valence-corrected chi connectivity index (χ0v) is 12.8. The van der Waals surface area contributed by atoms with Crippen LogP contribution < -0.4 is 10.6 Å². The molecule has 0 bridgehead atoms. The van der Waals surface area contributed by atoms with Crippen LogP contribution in [0.4, 0.5) is 4.79 Å². The molecule has 7 heteroatoms. The van der Waals surface area contributed by atoms with Crippen LogP contribution in [0.5, 0.6) is 0 Å². The summed E-state index contributed by atoms with van der Waals surface area (Å²) in [5.41, 5.74) is -0.124. The minimum absolute atomic E-state index is 0.110. The lowest BCUT2D eigenvalue weighted by molar-refractivity contribution is -0.142. The maximum atomic E-state index is 11.8. The lowest BCUT2D eigenvalue weighted by Crippen LogP contribution is -2.50. The largest absolute Gasteiger partial charge is 0.480 e. The molecule has 0 saturated carbocycles. The summed E-state index contributed by atoms with van der Waals surface area (Å²) in [7, 11) is 0. The average Bonchev–Trinajstić information content (AvgIpc) is 2.46. The summed E-state index contributed by atoms with van der Waals surface area (Å²) in [6.45, 7) is 4.99. The summed E-state index contributed by atoms with van der Waals surface area (Å²) in [5, 5.41) is 14.0. The van der Waals surface area contributed by atoms with Gasteiger partial charge in [-0.15, -0.1) is 0 Å². The van der Waals surface area contributed by atoms with Crippen molar-refractivity contribution in [2.45, 2.75) is 51.2 Å². The van der Waals surface area contributed by atoms with Gasteiger partial charge in [0.25, 0.3) is 0 Å². The second-order valence-corrected chi connectivity index (χ2v) is 5.27. The number of amides is 2. The standard InChI is InChI=1S/C14H26N2O5/c1-3-14(4-2)9-11(5-7-21-14)16-13(19)15-6-8-20-10-12(17)18/h11H,3-10H2,1-2H3,(H,17,18)(H2,15,16,19). The Morgan fingerprint density at radius 1 is 1.38 bits per heavy atom. The van der Waals surface area contributed by atoms with Gasteiger partial charge in [-0.1, -0.05) is 13.8 Å². The fourth-order valence-corrected chi connectivity index (χ4v) is 2.53. The van der Waals surface area contributed by atoms with Crippen LogP contribution in [0.15, 0.2) is 0 Å². The predicted octanol–water partition coefficient (Wildman–Crippen LogP) is 1.12. The highest BCUT2D eigenvalue weighted by Gasteiger charge is 2.34. The van der Waals surface area contributed by atoms with Gasteiger partial charge >= 0.3 is 12.0 Å². The van der Waals surface area contributed by atoms with E-state index in [1.807, 2.05) is 0 Å². The monoisotopic (exact) mass is 302 g/mol. The summed E-state index contributed by atoms with van der Waals surface area (Å²) in [6, 6.07) is -0.138. The number of carbonyl (C=O) groups is 2. The van der Waals surface area contributed by atoms with Gasteiger partial charge in [-0.2, -0.15) is 0 Å². The first-order valence-corrected chi connectivity index (χ1v) is 7.49. The molecule has 122 valence electrons. The Hall–Kier alpha value is -1.34. The molecule has 0 aromatic heterocycles. The van der Waals surface area contributed by atoms with Gasteiger partial charge in [0.2, 0.25) is 0 Å². The Bertz CT molecular complexity index is 344. The molecular formula is C14H26N2O5. The first kappa shape index (κ1) is 17.7. The Morgan fingerprint density at radius 3 is 2.71 bits per heavy atom. The molecule has 0 aliphatic carbocycles. The van der Waals surface area contributed by atoms with Gasteiger partial charge in [-0.3, -0.25) is 0 Å². The molecule has 21 heavy (non-hydrogen) atoms. The molecule has 7 nitrogen and oxygen atoms in total. The lowest BCUT2D eigenvalue weighted by Gasteiger charge is -2.40. The molecule has 1 atom stereocenters. The van der Waals surface area contributed by atoms with Crippen LogP contribution in [-0.4, -0.2) is 55.1 Å². The summed E-state index contributed by atoms with van der Waals surface area (Å²) in [5.74, 6) is -1.02. The summed E-state index contributed by atoms with van der Waals surface area (Å²) < 4.78 is 10.7. The van der Waals surface area contributed by atoms with Gasteiger partial charge in [0, 0.05) is 19.2 Å². The summed E-state index contributed by atoms with van der Waals surface area (Å²) in [4.78, 5) is 22.0. The number of hydrogen-bond acceptors (Lipinski definition) is 4. The SMILES string of the molecule is CCC1(CC)CC(NC(=O)NCCOCC(=O)O)CCO1. The van der Waals surface area contributed by atoms with Crippen LogP contribution in [0, 0.1) is 0 Å². The molecular weight excluding hydrogens is 276 g/mol. The van der Waals surface area contributed by atoms with Crippen LogP contribution >= 0.6 is 0 Å². The maximum Gasteiger partial charge on any atom is 0.329 e. The van der Waals surface area contributed by atoms with Gasteiger partial charge in [-0.25, -0.2) is 9.59 Å². The van der Waals surface area contributed by atoms with E-state index in [4.69, 9.17) is 14.6 Å². The first-order chi connectivity index (χ1) is 10.0. The highest BCUT2D eigenvalue weighted by Crippen LogP contribution is 2.31. The molecule has 1 aliphatic heterocycles. The lowest BCUT2D eigenvalue weighted by atomic mass is 9.86. The minimum Gasteiger partial charge on any atom is -0.480 e. The summed E-state index contributed by atoms with van der Waals surface area (Å²) in [6.07, 6.45) is 3.51. The molecule has 0 radical (unpaired) electrons. The quantitative estimate of drug-likeness (QED) is 0.584. The van der Waals surface area contributed by atoms with E-state index in [1.165, 1.54) is 0 Å². The third kappa shape index (κ3) is 6.31. The van der Waals surface area contributed by atoms with Crippen molar-refractivity contribution in [3.63, 3.8) is 0 Å². The zero-order chi connectivity index (χ0) is 15.7. The van der Waals surface area contributed by atoms with E-state index in [9.17, 15) is 9.59 Å². The van der Waals surface area contributed by atoms with Gasteiger partial charge in [0.05, 0.1) is 12.2 Å². The highest BCUT2D eigenvalue weighted by atomic mass is 16.5. The topological polar surface area (TPSA) is 96.9 Å². The molecule has 2 amide bonds. The second kappa shape index (κ2) is 8.84. The minimum atomic E-state index is -1.02. The van der Waals surface area contributed by atoms with Crippen LogP contribution in [0.3, 0.4) is 0 Å². The summed E-state index contributed by atoms with van der Waals surface area (Å²) >= 11 is 0. The smallest absolute Gasteiger partial charge is 0.329 e. The van der Waals surface area contributed by atoms with Gasteiger partial charge < -0.3 is 25.2 Å².